The fourth-order valence-electron chi connectivity index (χ4n) is 3.08. The third-order valence-electron chi connectivity index (χ3n) is 4.59. The van der Waals surface area contributed by atoms with Crippen LogP contribution in [0.25, 0.3) is 6.08 Å². The Labute approximate surface area is 181 Å². The van der Waals surface area contributed by atoms with E-state index in [1.54, 1.807) is 18.2 Å². The van der Waals surface area contributed by atoms with Gasteiger partial charge in [0.15, 0.2) is 23.2 Å². The summed E-state index contributed by atoms with van der Waals surface area (Å²) >= 11 is 0. The largest absolute Gasteiger partial charge is 0.493 e. The molecule has 0 bridgehead atoms. The second kappa shape index (κ2) is 9.30. The van der Waals surface area contributed by atoms with Gasteiger partial charge in [-0.2, -0.15) is 0 Å². The van der Waals surface area contributed by atoms with Crippen molar-refractivity contribution >= 4 is 21.7 Å². The van der Waals surface area contributed by atoms with Crippen molar-refractivity contribution in [2.45, 2.75) is 18.2 Å². The van der Waals surface area contributed by atoms with Gasteiger partial charge in [0.2, 0.25) is 15.6 Å². The van der Waals surface area contributed by atoms with E-state index in [9.17, 15) is 13.2 Å². The average molecular weight is 448 g/mol. The number of rotatable bonds is 9. The topological polar surface area (TPSA) is 97.4 Å². The maximum absolute atomic E-state index is 12.9. The van der Waals surface area contributed by atoms with Crippen molar-refractivity contribution in [1.82, 2.24) is 0 Å². The first-order chi connectivity index (χ1) is 14.8. The minimum atomic E-state index is -3.54. The molecule has 0 unspecified atom stereocenters. The van der Waals surface area contributed by atoms with Crippen molar-refractivity contribution < 1.29 is 36.9 Å². The Hall–Kier alpha value is -3.20. The van der Waals surface area contributed by atoms with Crippen molar-refractivity contribution in [3.05, 3.63) is 41.5 Å². The van der Waals surface area contributed by atoms with Gasteiger partial charge in [0, 0.05) is 6.07 Å². The highest BCUT2D eigenvalue weighted by atomic mass is 32.2. The number of methoxy groups -OCH3 is 3. The van der Waals surface area contributed by atoms with Gasteiger partial charge in [0.1, 0.15) is 16.4 Å². The molecule has 0 saturated heterocycles. The Balaban J connectivity index is 1.97. The molecular formula is C22H24O8S. The predicted molar refractivity (Wildman–Crippen MR) is 114 cm³/mol. The first-order valence-corrected chi connectivity index (χ1v) is 11.2. The van der Waals surface area contributed by atoms with Crippen molar-refractivity contribution in [2.75, 3.05) is 33.9 Å². The molecule has 0 aromatic heterocycles. The van der Waals surface area contributed by atoms with Gasteiger partial charge >= 0.3 is 0 Å². The van der Waals surface area contributed by atoms with Crippen LogP contribution in [-0.2, 0) is 9.84 Å². The van der Waals surface area contributed by atoms with Crippen LogP contribution in [0, 0.1) is 0 Å². The van der Waals surface area contributed by atoms with Crippen LogP contribution in [0.5, 0.6) is 28.7 Å². The summed E-state index contributed by atoms with van der Waals surface area (Å²) in [6.45, 7) is 2.26. The van der Waals surface area contributed by atoms with Gasteiger partial charge in [-0.25, -0.2) is 8.42 Å². The molecule has 2 aromatic carbocycles. The summed E-state index contributed by atoms with van der Waals surface area (Å²) in [5.74, 6) is 0.891. The molecule has 0 saturated carbocycles. The molecule has 31 heavy (non-hydrogen) atoms. The quantitative estimate of drug-likeness (QED) is 0.425. The molecule has 1 heterocycles. The number of fused-ring (bicyclic) bond motifs is 1. The molecule has 2 aromatic rings. The second-order valence-electron chi connectivity index (χ2n) is 6.68. The summed E-state index contributed by atoms with van der Waals surface area (Å²) in [5, 5.41) is 0. The van der Waals surface area contributed by atoms with Crippen molar-refractivity contribution in [3.8, 4) is 28.7 Å². The molecule has 0 aliphatic carbocycles. The first kappa shape index (κ1) is 22.5. The predicted octanol–water partition coefficient (Wildman–Crippen LogP) is 3.52. The number of allylic oxidation sites excluding steroid dienone is 1. The standard InChI is InChI=1S/C22H24O8S/c1-5-8-29-17-12-21-18(30-13-31(21,24)25)11-15(17)16(23)7-6-14-9-19(26-2)22(28-4)20(10-14)27-3/h6-7,9-12H,5,8,13H2,1-4H3/b7-6+. The van der Waals surface area contributed by atoms with Crippen LogP contribution in [0.4, 0.5) is 0 Å². The smallest absolute Gasteiger partial charge is 0.217 e. The molecule has 0 amide bonds. The summed E-state index contributed by atoms with van der Waals surface area (Å²) in [4.78, 5) is 13.0. The minimum Gasteiger partial charge on any atom is -0.493 e. The highest BCUT2D eigenvalue weighted by Gasteiger charge is 2.31. The van der Waals surface area contributed by atoms with Crippen LogP contribution in [0.3, 0.4) is 0 Å². The zero-order chi connectivity index (χ0) is 22.6. The van der Waals surface area contributed by atoms with E-state index in [4.69, 9.17) is 23.7 Å². The van der Waals surface area contributed by atoms with Crippen molar-refractivity contribution in [1.29, 1.82) is 0 Å². The number of ether oxygens (including phenoxy) is 5. The molecule has 166 valence electrons. The van der Waals surface area contributed by atoms with E-state index in [1.807, 2.05) is 6.92 Å². The number of hydrogen-bond acceptors (Lipinski definition) is 8. The monoisotopic (exact) mass is 448 g/mol. The van der Waals surface area contributed by atoms with Gasteiger partial charge in [-0.1, -0.05) is 13.0 Å². The fourth-order valence-corrected chi connectivity index (χ4v) is 4.21. The van der Waals surface area contributed by atoms with Gasteiger partial charge < -0.3 is 23.7 Å². The third-order valence-corrected chi connectivity index (χ3v) is 6.01. The fraction of sp³-hybridized carbons (Fsp3) is 0.318. The number of hydrogen-bond donors (Lipinski definition) is 0. The molecule has 8 nitrogen and oxygen atoms in total. The normalized spacial score (nSPS) is 14.1. The Morgan fingerprint density at radius 1 is 1.03 bits per heavy atom. The maximum atomic E-state index is 12.9. The number of benzene rings is 2. The van der Waals surface area contributed by atoms with E-state index < -0.39 is 15.8 Å². The zero-order valence-corrected chi connectivity index (χ0v) is 18.6. The van der Waals surface area contributed by atoms with E-state index >= 15 is 0 Å². The molecule has 1 aliphatic heterocycles. The van der Waals surface area contributed by atoms with Gasteiger partial charge in [-0.15, -0.1) is 0 Å². The number of carbonyl (C=O) groups is 1. The third kappa shape index (κ3) is 4.61. The molecule has 3 rings (SSSR count). The lowest BCUT2D eigenvalue weighted by atomic mass is 10.1. The molecule has 9 heteroatoms. The summed E-state index contributed by atoms with van der Waals surface area (Å²) in [5.41, 5.74) is 0.867. The lowest BCUT2D eigenvalue weighted by molar-refractivity contribution is 0.104. The number of sulfone groups is 1. The van der Waals surface area contributed by atoms with E-state index in [0.29, 0.717) is 35.8 Å². The lowest BCUT2D eigenvalue weighted by Gasteiger charge is -2.13. The van der Waals surface area contributed by atoms with Crippen molar-refractivity contribution in [2.24, 2.45) is 0 Å². The Kier molecular flexibility index (Phi) is 6.74. The van der Waals surface area contributed by atoms with Gasteiger partial charge in [0.25, 0.3) is 0 Å². The maximum Gasteiger partial charge on any atom is 0.217 e. The Bertz CT molecular complexity index is 1090. The molecule has 0 N–H and O–H groups in total. The summed E-state index contributed by atoms with van der Waals surface area (Å²) in [6, 6.07) is 6.18. The highest BCUT2D eigenvalue weighted by Crippen LogP contribution is 2.39. The summed E-state index contributed by atoms with van der Waals surface area (Å²) < 4.78 is 51.1. The van der Waals surface area contributed by atoms with Crippen molar-refractivity contribution in [3.63, 3.8) is 0 Å². The Morgan fingerprint density at radius 2 is 1.71 bits per heavy atom. The van der Waals surface area contributed by atoms with E-state index in [-0.39, 0.29) is 27.7 Å². The molecule has 0 fully saturated rings. The van der Waals surface area contributed by atoms with Crippen LogP contribution in [-0.4, -0.2) is 48.1 Å². The van der Waals surface area contributed by atoms with Crippen LogP contribution >= 0.6 is 0 Å². The van der Waals surface area contributed by atoms with Crippen LogP contribution < -0.4 is 23.7 Å². The number of carbonyl (C=O) groups excluding carboxylic acids is 1. The summed E-state index contributed by atoms with van der Waals surface area (Å²) in [6.07, 6.45) is 3.67. The number of ketones is 1. The molecule has 0 atom stereocenters. The lowest BCUT2D eigenvalue weighted by Crippen LogP contribution is -2.05. The molecular weight excluding hydrogens is 424 g/mol. The zero-order valence-electron chi connectivity index (χ0n) is 17.8. The first-order valence-electron chi connectivity index (χ1n) is 9.53. The SMILES string of the molecule is CCCOc1cc2c(cc1C(=O)/C=C/c1cc(OC)c(OC)c(OC)c1)OCS2(=O)=O. The Morgan fingerprint density at radius 3 is 2.29 bits per heavy atom. The van der Waals surface area contributed by atoms with E-state index in [0.717, 1.165) is 0 Å². The van der Waals surface area contributed by atoms with Gasteiger partial charge in [-0.3, -0.25) is 4.79 Å². The van der Waals surface area contributed by atoms with E-state index in [2.05, 4.69) is 0 Å². The second-order valence-corrected chi connectivity index (χ2v) is 8.58. The van der Waals surface area contributed by atoms with E-state index in [1.165, 1.54) is 39.5 Å². The molecule has 0 spiro atoms. The van der Waals surface area contributed by atoms with Crippen LogP contribution in [0.1, 0.15) is 29.3 Å². The van der Waals surface area contributed by atoms with Crippen LogP contribution in [0.15, 0.2) is 35.2 Å². The molecule has 0 radical (unpaired) electrons. The van der Waals surface area contributed by atoms with Gasteiger partial charge in [0.05, 0.1) is 33.5 Å². The summed E-state index contributed by atoms with van der Waals surface area (Å²) in [7, 11) is 0.975. The molecule has 1 aliphatic rings. The van der Waals surface area contributed by atoms with Gasteiger partial charge in [-0.05, 0) is 36.3 Å². The highest BCUT2D eigenvalue weighted by molar-refractivity contribution is 7.91. The average Bonchev–Trinajstić information content (AvgIpc) is 3.08. The minimum absolute atomic E-state index is 0.0313. The van der Waals surface area contributed by atoms with Crippen LogP contribution in [0.2, 0.25) is 0 Å².